The van der Waals surface area contributed by atoms with Crippen molar-refractivity contribution in [1.29, 1.82) is 0 Å². The Kier molecular flexibility index (Phi) is 4.49. The predicted octanol–water partition coefficient (Wildman–Crippen LogP) is 0.843. The van der Waals surface area contributed by atoms with E-state index in [2.05, 4.69) is 5.32 Å². The molecule has 0 unspecified atom stereocenters. The van der Waals surface area contributed by atoms with Gasteiger partial charge in [-0.1, -0.05) is 18.2 Å². The molecule has 8 nitrogen and oxygen atoms in total. The zero-order chi connectivity index (χ0) is 15.4. The Hall–Kier alpha value is -2.48. The summed E-state index contributed by atoms with van der Waals surface area (Å²) in [6.07, 6.45) is -1.20. The van der Waals surface area contributed by atoms with Gasteiger partial charge in [0.15, 0.2) is 6.10 Å². The van der Waals surface area contributed by atoms with Crippen molar-refractivity contribution in [1.82, 2.24) is 5.32 Å². The molecule has 2 N–H and O–H groups in total. The number of hydrogen-bond acceptors (Lipinski definition) is 5. The van der Waals surface area contributed by atoms with E-state index in [-0.39, 0.29) is 18.7 Å². The Labute approximate surface area is 119 Å². The molecule has 2 atom stereocenters. The summed E-state index contributed by atoms with van der Waals surface area (Å²) in [4.78, 5) is 32.9. The van der Waals surface area contributed by atoms with Crippen molar-refractivity contribution < 1.29 is 24.4 Å². The van der Waals surface area contributed by atoms with Crippen LogP contribution in [0, 0.1) is 10.1 Å². The fourth-order valence-corrected chi connectivity index (χ4v) is 2.15. The summed E-state index contributed by atoms with van der Waals surface area (Å²) in [7, 11) is 0. The summed E-state index contributed by atoms with van der Waals surface area (Å²) in [6.45, 7) is -0.00636. The summed E-state index contributed by atoms with van der Waals surface area (Å²) >= 11 is 0. The smallest absolute Gasteiger partial charge is 0.332 e. The lowest BCUT2D eigenvalue weighted by atomic mass is 10.1. The van der Waals surface area contributed by atoms with Crippen LogP contribution in [-0.4, -0.2) is 34.1 Å². The maximum absolute atomic E-state index is 11.9. The largest absolute Gasteiger partial charge is 0.479 e. The van der Waals surface area contributed by atoms with Gasteiger partial charge in [-0.2, -0.15) is 0 Å². The van der Waals surface area contributed by atoms with E-state index in [1.807, 2.05) is 0 Å². The van der Waals surface area contributed by atoms with Crippen molar-refractivity contribution in [2.75, 3.05) is 0 Å². The van der Waals surface area contributed by atoms with Gasteiger partial charge in [-0.15, -0.1) is 0 Å². The Bertz CT molecular complexity index is 574. The summed E-state index contributed by atoms with van der Waals surface area (Å²) in [6, 6.07) is 6.09. The average molecular weight is 294 g/mol. The van der Waals surface area contributed by atoms with Crippen LogP contribution in [0.2, 0.25) is 0 Å². The molecule has 1 saturated heterocycles. The van der Waals surface area contributed by atoms with Crippen LogP contribution in [0.4, 0.5) is 5.69 Å². The number of nitrogens with zero attached hydrogens (tertiary/aromatic N) is 1. The zero-order valence-corrected chi connectivity index (χ0v) is 11.0. The van der Waals surface area contributed by atoms with E-state index in [1.54, 1.807) is 18.2 Å². The Morgan fingerprint density at radius 2 is 2.00 bits per heavy atom. The van der Waals surface area contributed by atoms with Crippen molar-refractivity contribution in [3.63, 3.8) is 0 Å². The van der Waals surface area contributed by atoms with Gasteiger partial charge in [0, 0.05) is 18.2 Å². The van der Waals surface area contributed by atoms with Crippen LogP contribution in [0.25, 0.3) is 0 Å². The molecule has 0 bridgehead atoms. The number of carboxylic acid groups (broad SMARTS) is 1. The molecular weight excluding hydrogens is 280 g/mol. The number of ether oxygens (including phenoxy) is 1. The van der Waals surface area contributed by atoms with Gasteiger partial charge in [-0.3, -0.25) is 14.9 Å². The fourth-order valence-electron chi connectivity index (χ4n) is 2.15. The molecule has 1 fully saturated rings. The van der Waals surface area contributed by atoms with Gasteiger partial charge in [0.05, 0.1) is 4.92 Å². The molecule has 0 saturated carbocycles. The molecular formula is C13H14N2O6. The average Bonchev–Trinajstić information content (AvgIpc) is 2.95. The maximum atomic E-state index is 11.9. The minimum atomic E-state index is -1.09. The van der Waals surface area contributed by atoms with Crippen molar-refractivity contribution in [3.05, 3.63) is 39.9 Å². The third-order valence-electron chi connectivity index (χ3n) is 3.23. The lowest BCUT2D eigenvalue weighted by molar-refractivity contribution is -0.385. The molecule has 0 radical (unpaired) electrons. The number of nitro groups is 1. The molecule has 1 amide bonds. The predicted molar refractivity (Wildman–Crippen MR) is 70.5 cm³/mol. The lowest BCUT2D eigenvalue weighted by Crippen LogP contribution is -2.35. The molecule has 21 heavy (non-hydrogen) atoms. The molecule has 0 aromatic heterocycles. The van der Waals surface area contributed by atoms with Crippen molar-refractivity contribution in [3.8, 4) is 0 Å². The minimum Gasteiger partial charge on any atom is -0.479 e. The number of carbonyl (C=O) groups excluding carboxylic acids is 1. The van der Waals surface area contributed by atoms with Gasteiger partial charge in [0.1, 0.15) is 6.10 Å². The highest BCUT2D eigenvalue weighted by Crippen LogP contribution is 2.21. The van der Waals surface area contributed by atoms with Gasteiger partial charge in [0.2, 0.25) is 5.91 Å². The van der Waals surface area contributed by atoms with E-state index in [4.69, 9.17) is 9.84 Å². The molecule has 1 aromatic rings. The summed E-state index contributed by atoms with van der Waals surface area (Å²) in [5.74, 6) is -1.55. The third kappa shape index (κ3) is 3.54. The number of amides is 1. The molecule has 2 rings (SSSR count). The molecule has 1 heterocycles. The first-order valence-corrected chi connectivity index (χ1v) is 6.37. The topological polar surface area (TPSA) is 119 Å². The second-order valence-corrected chi connectivity index (χ2v) is 4.63. The first-order valence-electron chi connectivity index (χ1n) is 6.37. The van der Waals surface area contributed by atoms with Crippen LogP contribution in [0.3, 0.4) is 0 Å². The summed E-state index contributed by atoms with van der Waals surface area (Å²) in [5.41, 5.74) is 0.303. The second kappa shape index (κ2) is 6.31. The van der Waals surface area contributed by atoms with Crippen molar-refractivity contribution in [2.45, 2.75) is 31.6 Å². The number of hydrogen-bond donors (Lipinski definition) is 2. The van der Waals surface area contributed by atoms with Gasteiger partial charge in [-0.05, 0) is 12.8 Å². The quantitative estimate of drug-likeness (QED) is 0.613. The highest BCUT2D eigenvalue weighted by atomic mass is 16.6. The van der Waals surface area contributed by atoms with E-state index in [0.29, 0.717) is 12.0 Å². The molecule has 8 heteroatoms. The number of aliphatic carboxylic acids is 1. The maximum Gasteiger partial charge on any atom is 0.332 e. The van der Waals surface area contributed by atoms with Gasteiger partial charge in [-0.25, -0.2) is 4.79 Å². The van der Waals surface area contributed by atoms with E-state index in [0.717, 1.165) is 0 Å². The molecule has 1 aromatic carbocycles. The van der Waals surface area contributed by atoms with Crippen molar-refractivity contribution in [2.24, 2.45) is 0 Å². The van der Waals surface area contributed by atoms with Crippen LogP contribution in [0.15, 0.2) is 24.3 Å². The van der Waals surface area contributed by atoms with Crippen LogP contribution >= 0.6 is 0 Å². The molecule has 112 valence electrons. The number of carboxylic acids is 1. The third-order valence-corrected chi connectivity index (χ3v) is 3.23. The Balaban J connectivity index is 1.93. The van der Waals surface area contributed by atoms with Crippen LogP contribution in [0.1, 0.15) is 18.4 Å². The first kappa shape index (κ1) is 14.9. The van der Waals surface area contributed by atoms with Gasteiger partial charge >= 0.3 is 5.97 Å². The second-order valence-electron chi connectivity index (χ2n) is 4.63. The number of nitrogens with one attached hydrogen (secondary N) is 1. The Morgan fingerprint density at radius 1 is 1.33 bits per heavy atom. The summed E-state index contributed by atoms with van der Waals surface area (Å²) < 4.78 is 5.11. The molecule has 0 spiro atoms. The lowest BCUT2D eigenvalue weighted by Gasteiger charge is -2.11. The number of para-hydroxylation sites is 1. The monoisotopic (exact) mass is 294 g/mol. The number of carbonyl (C=O) groups is 2. The van der Waals surface area contributed by atoms with E-state index in [9.17, 15) is 19.7 Å². The molecule has 1 aliphatic rings. The first-order chi connectivity index (χ1) is 9.99. The normalized spacial score (nSPS) is 21.0. The van der Waals surface area contributed by atoms with Gasteiger partial charge in [0.25, 0.3) is 5.69 Å². The highest BCUT2D eigenvalue weighted by molar-refractivity contribution is 5.82. The number of nitro benzene ring substituents is 1. The SMILES string of the molecule is O=C(NCc1ccccc1[N+](=O)[O-])[C@@H]1CC[C@H](C(=O)O)O1. The Morgan fingerprint density at radius 3 is 2.62 bits per heavy atom. The zero-order valence-electron chi connectivity index (χ0n) is 11.0. The van der Waals surface area contributed by atoms with E-state index >= 15 is 0 Å². The fraction of sp³-hybridized carbons (Fsp3) is 0.385. The minimum absolute atomic E-state index is 0.00636. The van der Waals surface area contributed by atoms with Crippen LogP contribution in [-0.2, 0) is 20.9 Å². The van der Waals surface area contributed by atoms with E-state index < -0.39 is 29.0 Å². The van der Waals surface area contributed by atoms with Crippen LogP contribution in [0.5, 0.6) is 0 Å². The van der Waals surface area contributed by atoms with Gasteiger partial charge < -0.3 is 15.2 Å². The van der Waals surface area contributed by atoms with Crippen LogP contribution < -0.4 is 5.32 Å². The standard InChI is InChI=1S/C13H14N2O6/c16-12(10-5-6-11(21-10)13(17)18)14-7-8-3-1-2-4-9(8)15(19)20/h1-4,10-11H,5-7H2,(H,14,16)(H,17,18)/t10-,11+/m0/s1. The number of benzene rings is 1. The molecule has 0 aliphatic carbocycles. The van der Waals surface area contributed by atoms with Crippen molar-refractivity contribution >= 4 is 17.6 Å². The highest BCUT2D eigenvalue weighted by Gasteiger charge is 2.34. The molecule has 1 aliphatic heterocycles. The summed E-state index contributed by atoms with van der Waals surface area (Å²) in [5, 5.41) is 22.2. The van der Waals surface area contributed by atoms with E-state index in [1.165, 1.54) is 6.07 Å². The number of rotatable bonds is 5.